The lowest BCUT2D eigenvalue weighted by Crippen LogP contribution is -2.42. The molecule has 0 saturated heterocycles. The third-order valence-corrected chi connectivity index (χ3v) is 7.45. The summed E-state index contributed by atoms with van der Waals surface area (Å²) >= 11 is 0. The maximum Gasteiger partial charge on any atom is 0.376 e. The van der Waals surface area contributed by atoms with Crippen LogP contribution in [0.3, 0.4) is 0 Å². The minimum absolute atomic E-state index is 0.0964. The van der Waals surface area contributed by atoms with Crippen molar-refractivity contribution in [3.05, 3.63) is 95.1 Å². The van der Waals surface area contributed by atoms with Gasteiger partial charge in [-0.05, 0) is 78.3 Å². The van der Waals surface area contributed by atoms with Gasteiger partial charge in [0.25, 0.3) is 5.91 Å². The van der Waals surface area contributed by atoms with E-state index >= 15 is 0 Å². The van der Waals surface area contributed by atoms with Crippen LogP contribution in [0.5, 0.6) is 0 Å². The van der Waals surface area contributed by atoms with Gasteiger partial charge in [0.15, 0.2) is 0 Å². The predicted molar refractivity (Wildman–Crippen MR) is 155 cm³/mol. The number of carbonyl (C=O) groups excluding carboxylic acids is 2. The second kappa shape index (κ2) is 13.4. The highest BCUT2D eigenvalue weighted by atomic mass is 19.3. The van der Waals surface area contributed by atoms with Crippen LogP contribution in [0.25, 0.3) is 0 Å². The van der Waals surface area contributed by atoms with Gasteiger partial charge in [-0.2, -0.15) is 8.78 Å². The molecule has 7 nitrogen and oxygen atoms in total. The summed E-state index contributed by atoms with van der Waals surface area (Å²) in [7, 11) is 0. The van der Waals surface area contributed by atoms with Gasteiger partial charge in [-0.3, -0.25) is 9.69 Å². The number of halogens is 2. The summed E-state index contributed by atoms with van der Waals surface area (Å²) in [6.45, 7) is 0.927. The number of nitrogens with one attached hydrogen (secondary N) is 2. The smallest absolute Gasteiger partial charge is 0.376 e. The second-order valence-electron chi connectivity index (χ2n) is 10.4. The Morgan fingerprint density at radius 1 is 0.927 bits per heavy atom. The Morgan fingerprint density at radius 2 is 1.61 bits per heavy atom. The molecule has 0 radical (unpaired) electrons. The van der Waals surface area contributed by atoms with Crippen LogP contribution in [0, 0.1) is 0 Å². The first-order valence-electron chi connectivity index (χ1n) is 13.9. The van der Waals surface area contributed by atoms with Crippen LogP contribution in [0.15, 0.2) is 72.8 Å². The fourth-order valence-corrected chi connectivity index (χ4v) is 5.02. The highest BCUT2D eigenvalue weighted by Gasteiger charge is 2.39. The van der Waals surface area contributed by atoms with Crippen LogP contribution in [0.2, 0.25) is 0 Å². The largest absolute Gasteiger partial charge is 0.477 e. The number of rotatable bonds is 10. The van der Waals surface area contributed by atoms with E-state index in [-0.39, 0.29) is 18.1 Å². The molecule has 1 aliphatic rings. The van der Waals surface area contributed by atoms with Crippen LogP contribution in [-0.2, 0) is 17.8 Å². The molecule has 0 aliphatic heterocycles. The SMILES string of the molecule is CCc1cccc(NC(=O)N(Cc2ccc(C(=O)NCC(F)(F)C(=O)O)cc2)c2ccc(C3CCCCC3)cc2)c1. The van der Waals surface area contributed by atoms with Gasteiger partial charge in [-0.25, -0.2) is 9.59 Å². The van der Waals surface area contributed by atoms with Crippen molar-refractivity contribution in [3.63, 3.8) is 0 Å². The molecule has 216 valence electrons. The number of amides is 3. The van der Waals surface area contributed by atoms with Crippen molar-refractivity contribution in [1.82, 2.24) is 5.32 Å². The van der Waals surface area contributed by atoms with Gasteiger partial charge >= 0.3 is 17.9 Å². The van der Waals surface area contributed by atoms with Crippen LogP contribution >= 0.6 is 0 Å². The number of aryl methyl sites for hydroxylation is 1. The van der Waals surface area contributed by atoms with Gasteiger partial charge in [0, 0.05) is 16.9 Å². The topological polar surface area (TPSA) is 98.7 Å². The van der Waals surface area contributed by atoms with Crippen LogP contribution in [-0.4, -0.2) is 35.5 Å². The van der Waals surface area contributed by atoms with E-state index < -0.39 is 24.3 Å². The molecule has 0 aromatic heterocycles. The quantitative estimate of drug-likeness (QED) is 0.248. The Morgan fingerprint density at radius 3 is 2.24 bits per heavy atom. The third-order valence-electron chi connectivity index (χ3n) is 7.45. The van der Waals surface area contributed by atoms with E-state index in [0.717, 1.165) is 12.0 Å². The molecular weight excluding hydrogens is 528 g/mol. The lowest BCUT2D eigenvalue weighted by Gasteiger charge is -2.26. The zero-order chi connectivity index (χ0) is 29.4. The van der Waals surface area contributed by atoms with Crippen molar-refractivity contribution in [2.45, 2.75) is 63.8 Å². The Hall–Kier alpha value is -4.27. The highest BCUT2D eigenvalue weighted by Crippen LogP contribution is 2.33. The number of nitrogens with zero attached hydrogens (tertiary/aromatic N) is 1. The molecule has 3 amide bonds. The van der Waals surface area contributed by atoms with Crippen LogP contribution in [0.4, 0.5) is 25.0 Å². The van der Waals surface area contributed by atoms with Gasteiger partial charge in [0.05, 0.1) is 13.1 Å². The fourth-order valence-electron chi connectivity index (χ4n) is 5.02. The number of urea groups is 1. The lowest BCUT2D eigenvalue weighted by atomic mass is 9.84. The number of benzene rings is 3. The molecule has 9 heteroatoms. The van der Waals surface area contributed by atoms with E-state index in [1.54, 1.807) is 17.0 Å². The Balaban J connectivity index is 1.52. The molecule has 41 heavy (non-hydrogen) atoms. The summed E-state index contributed by atoms with van der Waals surface area (Å²) in [4.78, 5) is 38.0. The van der Waals surface area contributed by atoms with E-state index in [1.807, 2.05) is 48.6 Å². The molecule has 3 N–H and O–H groups in total. The minimum atomic E-state index is -4.06. The number of aliphatic carboxylic acids is 1. The molecule has 0 heterocycles. The van der Waals surface area contributed by atoms with E-state index in [0.29, 0.717) is 22.9 Å². The Kier molecular flexibility index (Phi) is 9.70. The van der Waals surface area contributed by atoms with Gasteiger partial charge in [0.1, 0.15) is 0 Å². The van der Waals surface area contributed by atoms with E-state index in [4.69, 9.17) is 5.11 Å². The zero-order valence-electron chi connectivity index (χ0n) is 23.0. The molecule has 1 saturated carbocycles. The lowest BCUT2D eigenvalue weighted by molar-refractivity contribution is -0.163. The van der Waals surface area contributed by atoms with Crippen LogP contribution in [0.1, 0.15) is 72.0 Å². The first-order chi connectivity index (χ1) is 19.7. The van der Waals surface area contributed by atoms with Crippen molar-refractivity contribution in [2.24, 2.45) is 0 Å². The van der Waals surface area contributed by atoms with Gasteiger partial charge in [0.2, 0.25) is 0 Å². The average Bonchev–Trinajstić information content (AvgIpc) is 2.99. The molecule has 0 unspecified atom stereocenters. The molecule has 3 aromatic rings. The minimum Gasteiger partial charge on any atom is -0.477 e. The third kappa shape index (κ3) is 7.90. The first-order valence-corrected chi connectivity index (χ1v) is 13.9. The number of carboxylic acids is 1. The summed E-state index contributed by atoms with van der Waals surface area (Å²) in [5.41, 5.74) is 4.58. The number of carboxylic acid groups (broad SMARTS) is 1. The van der Waals surface area contributed by atoms with Crippen molar-refractivity contribution >= 4 is 29.3 Å². The number of carbonyl (C=O) groups is 3. The summed E-state index contributed by atoms with van der Waals surface area (Å²) in [6, 6.07) is 21.6. The zero-order valence-corrected chi connectivity index (χ0v) is 23.0. The van der Waals surface area contributed by atoms with Crippen molar-refractivity contribution < 1.29 is 28.3 Å². The number of alkyl halides is 2. The molecule has 1 fully saturated rings. The van der Waals surface area contributed by atoms with Gasteiger partial charge < -0.3 is 15.7 Å². The highest BCUT2D eigenvalue weighted by molar-refractivity contribution is 6.01. The normalized spacial score (nSPS) is 13.8. The summed E-state index contributed by atoms with van der Waals surface area (Å²) in [6.07, 6.45) is 6.92. The van der Waals surface area contributed by atoms with Crippen LogP contribution < -0.4 is 15.5 Å². The molecule has 3 aromatic carbocycles. The average molecular weight is 564 g/mol. The van der Waals surface area contributed by atoms with E-state index in [9.17, 15) is 23.2 Å². The van der Waals surface area contributed by atoms with E-state index in [1.165, 1.54) is 49.8 Å². The van der Waals surface area contributed by atoms with Crippen molar-refractivity contribution in [1.29, 1.82) is 0 Å². The van der Waals surface area contributed by atoms with Gasteiger partial charge in [-0.1, -0.05) is 62.6 Å². The summed E-state index contributed by atoms with van der Waals surface area (Å²) in [5.74, 6) is -6.65. The fraction of sp³-hybridized carbons (Fsp3) is 0.344. The maximum atomic E-state index is 13.5. The summed E-state index contributed by atoms with van der Waals surface area (Å²) < 4.78 is 26.7. The standard InChI is InChI=1S/C32H35F2N3O4/c1-2-22-7-6-10-27(19-22)36-31(41)37(28-17-15-25(16-18-28)24-8-4-3-5-9-24)20-23-11-13-26(14-12-23)29(38)35-21-32(33,34)30(39)40/h6-7,10-19,24H,2-5,8-9,20-21H2,1H3,(H,35,38)(H,36,41)(H,39,40). The van der Waals surface area contributed by atoms with Gasteiger partial charge in [-0.15, -0.1) is 0 Å². The number of hydrogen-bond acceptors (Lipinski definition) is 3. The van der Waals surface area contributed by atoms with Crippen molar-refractivity contribution in [3.8, 4) is 0 Å². The van der Waals surface area contributed by atoms with E-state index in [2.05, 4.69) is 17.4 Å². The van der Waals surface area contributed by atoms with Crippen molar-refractivity contribution in [2.75, 3.05) is 16.8 Å². The molecule has 1 aliphatic carbocycles. The molecule has 4 rings (SSSR count). The number of anilines is 2. The maximum absolute atomic E-state index is 13.5. The first kappa shape index (κ1) is 29.7. The predicted octanol–water partition coefficient (Wildman–Crippen LogP) is 6.99. The second-order valence-corrected chi connectivity index (χ2v) is 10.4. The monoisotopic (exact) mass is 563 g/mol. The summed E-state index contributed by atoms with van der Waals surface area (Å²) in [5, 5.41) is 13.5. The Labute approximate surface area is 238 Å². The molecular formula is C32H35F2N3O4. The molecule has 0 spiro atoms. The number of hydrogen-bond donors (Lipinski definition) is 3. The molecule has 0 bridgehead atoms. The molecule has 0 atom stereocenters. The Bertz CT molecular complexity index is 1350.